The fraction of sp³-hybridized carbons (Fsp3) is 0.556. The van der Waals surface area contributed by atoms with Crippen LogP contribution in [-0.2, 0) is 16.0 Å². The van der Waals surface area contributed by atoms with Crippen LogP contribution in [0.5, 0.6) is 0 Å². The van der Waals surface area contributed by atoms with Crippen molar-refractivity contribution in [2.45, 2.75) is 51.0 Å². The summed E-state index contributed by atoms with van der Waals surface area (Å²) >= 11 is 0. The molecule has 1 saturated carbocycles. The second-order valence-corrected chi connectivity index (χ2v) is 6.49. The lowest BCUT2D eigenvalue weighted by Crippen LogP contribution is -2.41. The molecule has 0 saturated heterocycles. The van der Waals surface area contributed by atoms with Crippen molar-refractivity contribution < 1.29 is 14.7 Å². The third-order valence-corrected chi connectivity index (χ3v) is 5.11. The van der Waals surface area contributed by atoms with E-state index in [4.69, 9.17) is 0 Å². The van der Waals surface area contributed by atoms with Gasteiger partial charge >= 0.3 is 5.97 Å². The van der Waals surface area contributed by atoms with Crippen LogP contribution in [0.1, 0.15) is 55.7 Å². The molecular weight excluding hydrogens is 278 g/mol. The summed E-state index contributed by atoms with van der Waals surface area (Å²) in [5.41, 5.74) is 2.50. The SMILES string of the molecule is O=C(O)[C@@H]1CCCC[C@H]1C(=O)NC1CCCc2ccccc21. The largest absolute Gasteiger partial charge is 0.481 e. The number of rotatable bonds is 3. The lowest BCUT2D eigenvalue weighted by molar-refractivity contribution is -0.149. The topological polar surface area (TPSA) is 66.4 Å². The van der Waals surface area contributed by atoms with Crippen molar-refractivity contribution in [3.05, 3.63) is 35.4 Å². The molecule has 1 aromatic carbocycles. The number of aryl methyl sites for hydroxylation is 1. The molecular formula is C18H23NO3. The molecule has 2 aliphatic rings. The van der Waals surface area contributed by atoms with Gasteiger partial charge < -0.3 is 10.4 Å². The maximum absolute atomic E-state index is 12.6. The average molecular weight is 301 g/mol. The second kappa shape index (κ2) is 6.51. The van der Waals surface area contributed by atoms with Gasteiger partial charge in [0.2, 0.25) is 5.91 Å². The van der Waals surface area contributed by atoms with E-state index in [1.54, 1.807) is 0 Å². The first kappa shape index (κ1) is 15.1. The predicted molar refractivity (Wildman–Crippen MR) is 83.3 cm³/mol. The molecule has 0 aromatic heterocycles. The standard InChI is InChI=1S/C18H23NO3/c20-17(14-9-3-4-10-15(14)18(21)22)19-16-11-5-7-12-6-1-2-8-13(12)16/h1-2,6,8,14-16H,3-5,7,9-11H2,(H,19,20)(H,21,22)/t14-,15-,16?/m1/s1. The van der Waals surface area contributed by atoms with Crippen molar-refractivity contribution in [2.75, 3.05) is 0 Å². The van der Waals surface area contributed by atoms with Gasteiger partial charge in [-0.05, 0) is 43.2 Å². The molecule has 2 aliphatic carbocycles. The Bertz CT molecular complexity index is 569. The minimum absolute atomic E-state index is 0.0359. The Morgan fingerprint density at radius 2 is 1.73 bits per heavy atom. The van der Waals surface area contributed by atoms with Crippen molar-refractivity contribution in [3.8, 4) is 0 Å². The van der Waals surface area contributed by atoms with Crippen molar-refractivity contribution in [1.82, 2.24) is 5.32 Å². The van der Waals surface area contributed by atoms with Crippen molar-refractivity contribution in [1.29, 1.82) is 0 Å². The monoisotopic (exact) mass is 301 g/mol. The number of hydrogen-bond donors (Lipinski definition) is 2. The van der Waals surface area contributed by atoms with E-state index in [-0.39, 0.29) is 17.9 Å². The van der Waals surface area contributed by atoms with Crippen LogP contribution in [0.2, 0.25) is 0 Å². The van der Waals surface area contributed by atoms with Gasteiger partial charge in [0.15, 0.2) is 0 Å². The number of hydrogen-bond acceptors (Lipinski definition) is 2. The molecule has 0 radical (unpaired) electrons. The smallest absolute Gasteiger partial charge is 0.307 e. The van der Waals surface area contributed by atoms with Crippen LogP contribution in [-0.4, -0.2) is 17.0 Å². The summed E-state index contributed by atoms with van der Waals surface area (Å²) in [5, 5.41) is 12.5. The Kier molecular flexibility index (Phi) is 4.46. The van der Waals surface area contributed by atoms with E-state index in [0.717, 1.165) is 32.1 Å². The first-order valence-electron chi connectivity index (χ1n) is 8.28. The Balaban J connectivity index is 1.73. The molecule has 0 spiro atoms. The van der Waals surface area contributed by atoms with E-state index >= 15 is 0 Å². The molecule has 1 unspecified atom stereocenters. The first-order chi connectivity index (χ1) is 10.7. The Labute approximate surface area is 130 Å². The normalized spacial score (nSPS) is 27.7. The molecule has 1 fully saturated rings. The molecule has 3 rings (SSSR count). The van der Waals surface area contributed by atoms with E-state index < -0.39 is 11.9 Å². The van der Waals surface area contributed by atoms with Crippen LogP contribution in [0, 0.1) is 11.8 Å². The molecule has 0 aliphatic heterocycles. The number of carbonyl (C=O) groups is 2. The average Bonchev–Trinajstić information content (AvgIpc) is 2.55. The highest BCUT2D eigenvalue weighted by Crippen LogP contribution is 2.33. The van der Waals surface area contributed by atoms with Gasteiger partial charge in [0.25, 0.3) is 0 Å². The number of carboxylic acids is 1. The van der Waals surface area contributed by atoms with Crippen molar-refractivity contribution >= 4 is 11.9 Å². The first-order valence-corrected chi connectivity index (χ1v) is 8.28. The van der Waals surface area contributed by atoms with Gasteiger partial charge in [-0.25, -0.2) is 0 Å². The third kappa shape index (κ3) is 3.01. The summed E-state index contributed by atoms with van der Waals surface area (Å²) in [6, 6.07) is 8.27. The molecule has 1 amide bonds. The fourth-order valence-electron chi connectivity index (χ4n) is 3.92. The molecule has 0 heterocycles. The summed E-state index contributed by atoms with van der Waals surface area (Å²) in [6.07, 6.45) is 6.23. The maximum Gasteiger partial charge on any atom is 0.307 e. The quantitative estimate of drug-likeness (QED) is 0.901. The Morgan fingerprint density at radius 1 is 1.00 bits per heavy atom. The number of nitrogens with one attached hydrogen (secondary N) is 1. The van der Waals surface area contributed by atoms with Crippen LogP contribution in [0.4, 0.5) is 0 Å². The molecule has 0 bridgehead atoms. The van der Waals surface area contributed by atoms with Gasteiger partial charge in [-0.3, -0.25) is 9.59 Å². The summed E-state index contributed by atoms with van der Waals surface area (Å²) < 4.78 is 0. The summed E-state index contributed by atoms with van der Waals surface area (Å²) in [4.78, 5) is 24.0. The van der Waals surface area contributed by atoms with Gasteiger partial charge in [0.1, 0.15) is 0 Å². The summed E-state index contributed by atoms with van der Waals surface area (Å²) in [7, 11) is 0. The molecule has 4 heteroatoms. The highest BCUT2D eigenvalue weighted by molar-refractivity contribution is 5.85. The number of carboxylic acid groups (broad SMARTS) is 1. The highest BCUT2D eigenvalue weighted by Gasteiger charge is 2.36. The third-order valence-electron chi connectivity index (χ3n) is 5.11. The molecule has 2 N–H and O–H groups in total. The number of aliphatic carboxylic acids is 1. The van der Waals surface area contributed by atoms with Crippen LogP contribution in [0.3, 0.4) is 0 Å². The molecule has 118 valence electrons. The van der Waals surface area contributed by atoms with Gasteiger partial charge in [-0.2, -0.15) is 0 Å². The number of fused-ring (bicyclic) bond motifs is 1. The Morgan fingerprint density at radius 3 is 2.50 bits per heavy atom. The lowest BCUT2D eigenvalue weighted by Gasteiger charge is -2.31. The zero-order chi connectivity index (χ0) is 15.5. The Hall–Kier alpha value is -1.84. The summed E-state index contributed by atoms with van der Waals surface area (Å²) in [6.45, 7) is 0. The molecule has 1 aromatic rings. The zero-order valence-electron chi connectivity index (χ0n) is 12.8. The number of carbonyl (C=O) groups excluding carboxylic acids is 1. The van der Waals surface area contributed by atoms with E-state index in [9.17, 15) is 14.7 Å². The van der Waals surface area contributed by atoms with E-state index in [1.807, 2.05) is 12.1 Å². The summed E-state index contributed by atoms with van der Waals surface area (Å²) in [5.74, 6) is -1.80. The van der Waals surface area contributed by atoms with Crippen LogP contribution >= 0.6 is 0 Å². The lowest BCUT2D eigenvalue weighted by atomic mass is 9.78. The van der Waals surface area contributed by atoms with Crippen LogP contribution in [0.25, 0.3) is 0 Å². The second-order valence-electron chi connectivity index (χ2n) is 6.49. The van der Waals surface area contributed by atoms with Gasteiger partial charge in [0.05, 0.1) is 17.9 Å². The van der Waals surface area contributed by atoms with Gasteiger partial charge in [-0.15, -0.1) is 0 Å². The minimum Gasteiger partial charge on any atom is -0.481 e. The molecule has 4 nitrogen and oxygen atoms in total. The van der Waals surface area contributed by atoms with E-state index in [0.29, 0.717) is 12.8 Å². The maximum atomic E-state index is 12.6. The van der Waals surface area contributed by atoms with E-state index in [1.165, 1.54) is 11.1 Å². The van der Waals surface area contributed by atoms with Gasteiger partial charge in [-0.1, -0.05) is 37.1 Å². The van der Waals surface area contributed by atoms with Crippen LogP contribution in [0.15, 0.2) is 24.3 Å². The zero-order valence-corrected chi connectivity index (χ0v) is 12.8. The van der Waals surface area contributed by atoms with Gasteiger partial charge in [0, 0.05) is 0 Å². The number of amides is 1. The molecule has 22 heavy (non-hydrogen) atoms. The van der Waals surface area contributed by atoms with E-state index in [2.05, 4.69) is 17.4 Å². The van der Waals surface area contributed by atoms with Crippen molar-refractivity contribution in [2.24, 2.45) is 11.8 Å². The molecule has 3 atom stereocenters. The van der Waals surface area contributed by atoms with Crippen LogP contribution < -0.4 is 5.32 Å². The fourth-order valence-corrected chi connectivity index (χ4v) is 3.92. The highest BCUT2D eigenvalue weighted by atomic mass is 16.4. The predicted octanol–water partition coefficient (Wildman–Crippen LogP) is 3.07. The minimum atomic E-state index is -0.830. The van der Waals surface area contributed by atoms with Crippen molar-refractivity contribution in [3.63, 3.8) is 0 Å². The number of benzene rings is 1.